The number of hydrogen-bond acceptors (Lipinski definition) is 5. The number of rotatable bonds is 10. The van der Waals surface area contributed by atoms with Crippen molar-refractivity contribution < 1.29 is 23.9 Å². The van der Waals surface area contributed by atoms with Crippen molar-refractivity contribution in [2.75, 3.05) is 18.5 Å². The fraction of sp³-hybridized carbons (Fsp3) is 0.400. The van der Waals surface area contributed by atoms with E-state index < -0.39 is 11.4 Å². The van der Waals surface area contributed by atoms with Crippen LogP contribution in [0.1, 0.15) is 66.3 Å². The summed E-state index contributed by atoms with van der Waals surface area (Å²) in [6, 6.07) is 13.7. The normalized spacial score (nSPS) is 12.5. The zero-order valence-corrected chi connectivity index (χ0v) is 18.7. The molecule has 0 aliphatic carbocycles. The smallest absolute Gasteiger partial charge is 0.338 e. The zero-order chi connectivity index (χ0) is 22.9. The van der Waals surface area contributed by atoms with E-state index in [9.17, 15) is 14.4 Å². The monoisotopic (exact) mass is 425 g/mol. The number of esters is 2. The van der Waals surface area contributed by atoms with Crippen LogP contribution in [-0.4, -0.2) is 31.1 Å². The number of benzene rings is 2. The van der Waals surface area contributed by atoms with Crippen LogP contribution >= 0.6 is 0 Å². The van der Waals surface area contributed by atoms with Crippen molar-refractivity contribution in [2.45, 2.75) is 47.0 Å². The van der Waals surface area contributed by atoms with Gasteiger partial charge in [0, 0.05) is 11.3 Å². The van der Waals surface area contributed by atoms with Gasteiger partial charge in [-0.1, -0.05) is 38.0 Å². The largest absolute Gasteiger partial charge is 0.462 e. The average molecular weight is 426 g/mol. The number of aryl methyl sites for hydroxylation is 1. The van der Waals surface area contributed by atoms with Gasteiger partial charge in [-0.2, -0.15) is 0 Å². The molecular formula is C25H31NO5. The molecule has 0 spiro atoms. The van der Waals surface area contributed by atoms with Gasteiger partial charge in [-0.25, -0.2) is 4.79 Å². The lowest BCUT2D eigenvalue weighted by Gasteiger charge is -2.25. The van der Waals surface area contributed by atoms with Gasteiger partial charge >= 0.3 is 11.9 Å². The van der Waals surface area contributed by atoms with Crippen LogP contribution in [0, 0.1) is 12.3 Å². The van der Waals surface area contributed by atoms with Crippen LogP contribution in [0.4, 0.5) is 5.69 Å². The van der Waals surface area contributed by atoms with Gasteiger partial charge in [0.05, 0.1) is 11.0 Å². The lowest BCUT2D eigenvalue weighted by atomic mass is 9.83. The van der Waals surface area contributed by atoms with Gasteiger partial charge < -0.3 is 14.8 Å². The Balaban J connectivity index is 1.82. The van der Waals surface area contributed by atoms with Crippen molar-refractivity contribution in [1.29, 1.82) is 0 Å². The third-order valence-corrected chi connectivity index (χ3v) is 5.32. The number of hydrogen-bond donors (Lipinski definition) is 1. The maximum absolute atomic E-state index is 12.3. The van der Waals surface area contributed by atoms with Crippen LogP contribution in [0.25, 0.3) is 0 Å². The molecular weight excluding hydrogens is 394 g/mol. The molecule has 6 nitrogen and oxygen atoms in total. The topological polar surface area (TPSA) is 81.7 Å². The fourth-order valence-corrected chi connectivity index (χ4v) is 3.10. The molecule has 1 atom stereocenters. The summed E-state index contributed by atoms with van der Waals surface area (Å²) < 4.78 is 10.5. The molecule has 0 saturated carbocycles. The summed E-state index contributed by atoms with van der Waals surface area (Å²) in [6.07, 6.45) is 2.35. The first-order chi connectivity index (χ1) is 14.8. The maximum Gasteiger partial charge on any atom is 0.338 e. The molecule has 0 aliphatic heterocycles. The molecule has 166 valence electrons. The standard InChI is InChI=1S/C25H31NO5/c1-5-15-25(4,6-2)24(29)31-17-16-30-23(28)20-11-9-19(10-12-20)22(27)26-21-13-7-18(3)8-14-21/h7-14H,5-6,15-17H2,1-4H3,(H,26,27). The number of carbonyl (C=O) groups is 3. The number of ether oxygens (including phenoxy) is 2. The molecule has 0 bridgehead atoms. The Labute approximate surface area is 183 Å². The number of nitrogens with one attached hydrogen (secondary N) is 1. The minimum atomic E-state index is -0.534. The van der Waals surface area contributed by atoms with Crippen molar-refractivity contribution in [3.8, 4) is 0 Å². The highest BCUT2D eigenvalue weighted by molar-refractivity contribution is 6.04. The van der Waals surface area contributed by atoms with Crippen LogP contribution < -0.4 is 5.32 Å². The highest BCUT2D eigenvalue weighted by Gasteiger charge is 2.31. The Bertz CT molecular complexity index is 889. The predicted molar refractivity (Wildman–Crippen MR) is 120 cm³/mol. The van der Waals surface area contributed by atoms with Crippen LogP contribution in [0.3, 0.4) is 0 Å². The minimum absolute atomic E-state index is 0.0148. The molecule has 2 aromatic carbocycles. The first kappa shape index (κ1) is 24.1. The van der Waals surface area contributed by atoms with E-state index in [0.29, 0.717) is 23.2 Å². The Morgan fingerprint density at radius 3 is 2.03 bits per heavy atom. The summed E-state index contributed by atoms with van der Waals surface area (Å²) >= 11 is 0. The van der Waals surface area contributed by atoms with Gasteiger partial charge in [0.1, 0.15) is 13.2 Å². The molecule has 2 aromatic rings. The predicted octanol–water partition coefficient (Wildman–Crippen LogP) is 5.16. The van der Waals surface area contributed by atoms with Crippen LogP contribution in [0.15, 0.2) is 48.5 Å². The van der Waals surface area contributed by atoms with Crippen molar-refractivity contribution in [1.82, 2.24) is 0 Å². The van der Waals surface area contributed by atoms with Crippen LogP contribution in [0.5, 0.6) is 0 Å². The molecule has 0 fully saturated rings. The maximum atomic E-state index is 12.3. The number of carbonyl (C=O) groups excluding carboxylic acids is 3. The second-order valence-corrected chi connectivity index (χ2v) is 7.83. The Morgan fingerprint density at radius 2 is 1.45 bits per heavy atom. The summed E-state index contributed by atoms with van der Waals surface area (Å²) in [7, 11) is 0. The lowest BCUT2D eigenvalue weighted by Crippen LogP contribution is -2.30. The molecule has 1 amide bonds. The molecule has 0 aliphatic rings. The molecule has 1 N–H and O–H groups in total. The Kier molecular flexibility index (Phi) is 8.79. The fourth-order valence-electron chi connectivity index (χ4n) is 3.10. The SMILES string of the molecule is CCCC(C)(CC)C(=O)OCCOC(=O)c1ccc(C(=O)Nc2ccc(C)cc2)cc1. The molecule has 31 heavy (non-hydrogen) atoms. The van der Waals surface area contributed by atoms with Gasteiger partial charge in [-0.15, -0.1) is 0 Å². The highest BCUT2D eigenvalue weighted by Crippen LogP contribution is 2.28. The third kappa shape index (κ3) is 6.95. The van der Waals surface area contributed by atoms with Crippen molar-refractivity contribution >= 4 is 23.5 Å². The van der Waals surface area contributed by atoms with Gasteiger partial charge in [-0.05, 0) is 63.1 Å². The van der Waals surface area contributed by atoms with Gasteiger partial charge in [0.15, 0.2) is 0 Å². The van der Waals surface area contributed by atoms with E-state index >= 15 is 0 Å². The third-order valence-electron chi connectivity index (χ3n) is 5.32. The van der Waals surface area contributed by atoms with E-state index in [-0.39, 0.29) is 25.1 Å². The molecule has 6 heteroatoms. The highest BCUT2D eigenvalue weighted by atomic mass is 16.6. The summed E-state index contributed by atoms with van der Waals surface area (Å²) in [5, 5.41) is 2.81. The first-order valence-corrected chi connectivity index (χ1v) is 10.6. The quantitative estimate of drug-likeness (QED) is 0.420. The second kappa shape index (κ2) is 11.3. The Hall–Kier alpha value is -3.15. The molecule has 0 aromatic heterocycles. The number of amides is 1. The van der Waals surface area contributed by atoms with Crippen molar-refractivity contribution in [3.63, 3.8) is 0 Å². The summed E-state index contributed by atoms with van der Waals surface area (Å²) in [6.45, 7) is 7.85. The van der Waals surface area contributed by atoms with Gasteiger partial charge in [0.25, 0.3) is 5.91 Å². The Morgan fingerprint density at radius 1 is 0.871 bits per heavy atom. The molecule has 0 saturated heterocycles. The van der Waals surface area contributed by atoms with E-state index in [4.69, 9.17) is 9.47 Å². The zero-order valence-electron chi connectivity index (χ0n) is 18.7. The van der Waals surface area contributed by atoms with Crippen molar-refractivity contribution in [3.05, 3.63) is 65.2 Å². The van der Waals surface area contributed by atoms with Crippen LogP contribution in [-0.2, 0) is 14.3 Å². The van der Waals surface area contributed by atoms with E-state index in [1.807, 2.05) is 52.0 Å². The van der Waals surface area contributed by atoms with E-state index in [1.54, 1.807) is 12.1 Å². The summed E-state index contributed by atoms with van der Waals surface area (Å²) in [5.74, 6) is -1.06. The first-order valence-electron chi connectivity index (χ1n) is 10.6. The van der Waals surface area contributed by atoms with E-state index in [2.05, 4.69) is 5.32 Å². The molecule has 0 heterocycles. The summed E-state index contributed by atoms with van der Waals surface area (Å²) in [4.78, 5) is 36.8. The summed E-state index contributed by atoms with van der Waals surface area (Å²) in [5.41, 5.74) is 2.06. The molecule has 2 rings (SSSR count). The van der Waals surface area contributed by atoms with Crippen LogP contribution in [0.2, 0.25) is 0 Å². The number of anilines is 1. The minimum Gasteiger partial charge on any atom is -0.462 e. The van der Waals surface area contributed by atoms with E-state index in [0.717, 1.165) is 18.4 Å². The second-order valence-electron chi connectivity index (χ2n) is 7.83. The molecule has 0 radical (unpaired) electrons. The molecule has 1 unspecified atom stereocenters. The van der Waals surface area contributed by atoms with E-state index in [1.165, 1.54) is 12.1 Å². The lowest BCUT2D eigenvalue weighted by molar-refractivity contribution is -0.156. The van der Waals surface area contributed by atoms with Gasteiger partial charge in [0.2, 0.25) is 0 Å². The van der Waals surface area contributed by atoms with Gasteiger partial charge in [-0.3, -0.25) is 9.59 Å². The average Bonchev–Trinajstić information content (AvgIpc) is 2.78. The van der Waals surface area contributed by atoms with Crippen molar-refractivity contribution in [2.24, 2.45) is 5.41 Å².